The Labute approximate surface area is 111 Å². The molecule has 0 aromatic carbocycles. The van der Waals surface area contributed by atoms with Crippen LogP contribution in [0.1, 0.15) is 47.0 Å². The Balaban J connectivity index is 3.97. The first-order chi connectivity index (χ1) is 8.26. The van der Waals surface area contributed by atoms with Gasteiger partial charge in [-0.25, -0.2) is 0 Å². The number of nitrogens with zero attached hydrogens (tertiary/aromatic N) is 2. The lowest BCUT2D eigenvalue weighted by Crippen LogP contribution is -2.33. The first kappa shape index (κ1) is 16.9. The smallest absolute Gasteiger partial charge is 0.317 e. The van der Waals surface area contributed by atoms with Gasteiger partial charge >= 0.3 is 5.97 Å². The van der Waals surface area contributed by atoms with E-state index in [1.807, 2.05) is 18.7 Å². The maximum absolute atomic E-state index is 10.7. The molecule has 4 heteroatoms. The van der Waals surface area contributed by atoms with E-state index in [9.17, 15) is 4.79 Å². The summed E-state index contributed by atoms with van der Waals surface area (Å²) in [6, 6.07) is 2.29. The topological polar surface area (TPSA) is 64.3 Å². The largest absolute Gasteiger partial charge is 0.480 e. The molecule has 18 heavy (non-hydrogen) atoms. The standard InChI is InChI=1S/C14H26N2O2/c1-12(2)9-16(10-13(17)18)8-6-5-7-14(3,4)11-15/h12H,5-10H2,1-4H3,(H,17,18). The normalized spacial score (nSPS) is 11.8. The van der Waals surface area contributed by atoms with Gasteiger partial charge in [-0.15, -0.1) is 0 Å². The van der Waals surface area contributed by atoms with E-state index in [4.69, 9.17) is 10.4 Å². The lowest BCUT2D eigenvalue weighted by molar-refractivity contribution is -0.138. The highest BCUT2D eigenvalue weighted by Crippen LogP contribution is 2.21. The van der Waals surface area contributed by atoms with Crippen LogP contribution in [0.15, 0.2) is 0 Å². The average molecular weight is 254 g/mol. The lowest BCUT2D eigenvalue weighted by Gasteiger charge is -2.23. The number of hydrogen-bond acceptors (Lipinski definition) is 3. The van der Waals surface area contributed by atoms with E-state index < -0.39 is 5.97 Å². The van der Waals surface area contributed by atoms with Crippen LogP contribution in [0.2, 0.25) is 0 Å². The highest BCUT2D eigenvalue weighted by Gasteiger charge is 2.16. The van der Waals surface area contributed by atoms with E-state index in [2.05, 4.69) is 19.9 Å². The van der Waals surface area contributed by atoms with Crippen LogP contribution in [0.25, 0.3) is 0 Å². The maximum Gasteiger partial charge on any atom is 0.317 e. The zero-order valence-electron chi connectivity index (χ0n) is 12.1. The van der Waals surface area contributed by atoms with E-state index in [0.717, 1.165) is 32.4 Å². The number of rotatable bonds is 9. The molecular weight excluding hydrogens is 228 g/mol. The number of unbranched alkanes of at least 4 members (excludes halogenated alkanes) is 1. The first-order valence-electron chi connectivity index (χ1n) is 6.62. The molecule has 0 saturated heterocycles. The molecule has 0 heterocycles. The summed E-state index contributed by atoms with van der Waals surface area (Å²) in [6.45, 7) is 9.79. The molecule has 0 atom stereocenters. The van der Waals surface area contributed by atoms with Gasteiger partial charge in [-0.2, -0.15) is 5.26 Å². The van der Waals surface area contributed by atoms with Crippen molar-refractivity contribution in [3.8, 4) is 6.07 Å². The molecule has 0 unspecified atom stereocenters. The second-order valence-electron chi connectivity index (χ2n) is 5.98. The van der Waals surface area contributed by atoms with E-state index in [-0.39, 0.29) is 12.0 Å². The number of carboxylic acid groups (broad SMARTS) is 1. The van der Waals surface area contributed by atoms with Crippen LogP contribution in [0.4, 0.5) is 0 Å². The van der Waals surface area contributed by atoms with Crippen molar-refractivity contribution >= 4 is 5.97 Å². The predicted molar refractivity (Wildman–Crippen MR) is 72.2 cm³/mol. The highest BCUT2D eigenvalue weighted by atomic mass is 16.4. The van der Waals surface area contributed by atoms with Gasteiger partial charge in [-0.05, 0) is 39.2 Å². The van der Waals surface area contributed by atoms with Crippen LogP contribution in [0, 0.1) is 22.7 Å². The van der Waals surface area contributed by atoms with Crippen molar-refractivity contribution in [2.24, 2.45) is 11.3 Å². The van der Waals surface area contributed by atoms with E-state index in [1.54, 1.807) is 0 Å². The summed E-state index contributed by atoms with van der Waals surface area (Å²) in [5, 5.41) is 17.7. The molecule has 0 aliphatic carbocycles. The Bertz CT molecular complexity index is 293. The molecule has 0 aromatic heterocycles. The molecule has 0 aliphatic heterocycles. The lowest BCUT2D eigenvalue weighted by atomic mass is 9.89. The van der Waals surface area contributed by atoms with Crippen molar-refractivity contribution < 1.29 is 9.90 Å². The summed E-state index contributed by atoms with van der Waals surface area (Å²) in [6.07, 6.45) is 2.78. The molecule has 0 amide bonds. The van der Waals surface area contributed by atoms with Crippen molar-refractivity contribution in [1.82, 2.24) is 4.90 Å². The summed E-state index contributed by atoms with van der Waals surface area (Å²) in [7, 11) is 0. The molecule has 0 saturated carbocycles. The van der Waals surface area contributed by atoms with E-state index >= 15 is 0 Å². The Morgan fingerprint density at radius 1 is 1.39 bits per heavy atom. The molecule has 0 aromatic rings. The highest BCUT2D eigenvalue weighted by molar-refractivity contribution is 5.69. The van der Waals surface area contributed by atoms with Crippen LogP contribution < -0.4 is 0 Å². The van der Waals surface area contributed by atoms with Crippen molar-refractivity contribution in [3.05, 3.63) is 0 Å². The third kappa shape index (κ3) is 9.00. The van der Waals surface area contributed by atoms with E-state index in [0.29, 0.717) is 5.92 Å². The Morgan fingerprint density at radius 3 is 2.44 bits per heavy atom. The van der Waals surface area contributed by atoms with Gasteiger partial charge in [0.05, 0.1) is 18.0 Å². The molecule has 0 aliphatic rings. The fraction of sp³-hybridized carbons (Fsp3) is 0.857. The SMILES string of the molecule is CC(C)CN(CCCCC(C)(C)C#N)CC(=O)O. The van der Waals surface area contributed by atoms with Gasteiger partial charge in [-0.1, -0.05) is 20.3 Å². The van der Waals surface area contributed by atoms with Crippen molar-refractivity contribution in [3.63, 3.8) is 0 Å². The molecule has 104 valence electrons. The van der Waals surface area contributed by atoms with Crippen LogP contribution in [0.3, 0.4) is 0 Å². The Hall–Kier alpha value is -1.08. The third-order valence-corrected chi connectivity index (χ3v) is 2.81. The van der Waals surface area contributed by atoms with Crippen molar-refractivity contribution in [2.75, 3.05) is 19.6 Å². The Morgan fingerprint density at radius 2 is 2.00 bits per heavy atom. The Kier molecular flexibility index (Phi) is 7.61. The predicted octanol–water partition coefficient (Wildman–Crippen LogP) is 2.75. The average Bonchev–Trinajstić information content (AvgIpc) is 2.22. The number of carboxylic acids is 1. The van der Waals surface area contributed by atoms with Crippen molar-refractivity contribution in [2.45, 2.75) is 47.0 Å². The van der Waals surface area contributed by atoms with E-state index in [1.165, 1.54) is 0 Å². The number of nitriles is 1. The van der Waals surface area contributed by atoms with Crippen LogP contribution in [0.5, 0.6) is 0 Å². The van der Waals surface area contributed by atoms with Crippen LogP contribution >= 0.6 is 0 Å². The summed E-state index contributed by atoms with van der Waals surface area (Å²) in [5.41, 5.74) is -0.268. The molecule has 0 radical (unpaired) electrons. The molecular formula is C14H26N2O2. The molecule has 0 bridgehead atoms. The third-order valence-electron chi connectivity index (χ3n) is 2.81. The fourth-order valence-electron chi connectivity index (χ4n) is 1.90. The second-order valence-corrected chi connectivity index (χ2v) is 5.98. The van der Waals surface area contributed by atoms with Gasteiger partial charge in [0.2, 0.25) is 0 Å². The minimum Gasteiger partial charge on any atom is -0.480 e. The summed E-state index contributed by atoms with van der Waals surface area (Å²) in [5.74, 6) is -0.298. The van der Waals surface area contributed by atoms with Gasteiger partial charge in [0.25, 0.3) is 0 Å². The minimum atomic E-state index is -0.770. The molecule has 1 N–H and O–H groups in total. The van der Waals surface area contributed by atoms with Crippen molar-refractivity contribution in [1.29, 1.82) is 5.26 Å². The summed E-state index contributed by atoms with van der Waals surface area (Å²) < 4.78 is 0. The monoisotopic (exact) mass is 254 g/mol. The van der Waals surface area contributed by atoms with Gasteiger partial charge < -0.3 is 5.11 Å². The van der Waals surface area contributed by atoms with Crippen LogP contribution in [-0.4, -0.2) is 35.6 Å². The minimum absolute atomic E-state index is 0.111. The zero-order valence-corrected chi connectivity index (χ0v) is 12.1. The second kappa shape index (κ2) is 8.10. The number of hydrogen-bond donors (Lipinski definition) is 1. The van der Waals surface area contributed by atoms with Gasteiger partial charge in [0.15, 0.2) is 0 Å². The quantitative estimate of drug-likeness (QED) is 0.643. The summed E-state index contributed by atoms with van der Waals surface area (Å²) >= 11 is 0. The van der Waals surface area contributed by atoms with Gasteiger partial charge in [0, 0.05) is 6.54 Å². The molecule has 0 spiro atoms. The molecule has 4 nitrogen and oxygen atoms in total. The number of aliphatic carboxylic acids is 1. The number of carbonyl (C=O) groups is 1. The molecule has 0 rings (SSSR count). The maximum atomic E-state index is 10.7. The summed E-state index contributed by atoms with van der Waals surface area (Å²) in [4.78, 5) is 12.7. The van der Waals surface area contributed by atoms with Crippen LogP contribution in [-0.2, 0) is 4.79 Å². The fourth-order valence-corrected chi connectivity index (χ4v) is 1.90. The molecule has 0 fully saturated rings. The first-order valence-corrected chi connectivity index (χ1v) is 6.62. The van der Waals surface area contributed by atoms with Gasteiger partial charge in [0.1, 0.15) is 0 Å². The zero-order chi connectivity index (χ0) is 14.2. The van der Waals surface area contributed by atoms with Gasteiger partial charge in [-0.3, -0.25) is 9.69 Å².